The van der Waals surface area contributed by atoms with E-state index in [1.807, 2.05) is 6.92 Å². The van der Waals surface area contributed by atoms with E-state index in [1.165, 1.54) is 6.20 Å². The molecule has 1 aromatic heterocycles. The summed E-state index contributed by atoms with van der Waals surface area (Å²) in [6, 6.07) is 6.53. The van der Waals surface area contributed by atoms with Gasteiger partial charge in [0.25, 0.3) is 0 Å². The number of aromatic nitrogens is 1. The molecule has 0 fully saturated rings. The van der Waals surface area contributed by atoms with Gasteiger partial charge in [0.15, 0.2) is 0 Å². The smallest absolute Gasteiger partial charge is 0.146 e. The van der Waals surface area contributed by atoms with Crippen molar-refractivity contribution in [1.82, 2.24) is 10.3 Å². The molecule has 0 amide bonds. The second-order valence-corrected chi connectivity index (χ2v) is 5.23. The Morgan fingerprint density at radius 1 is 1.25 bits per heavy atom. The van der Waals surface area contributed by atoms with Crippen LogP contribution in [0.25, 0.3) is 0 Å². The maximum Gasteiger partial charge on any atom is 0.146 e. The highest BCUT2D eigenvalue weighted by Crippen LogP contribution is 2.34. The average molecular weight is 313 g/mol. The first-order chi connectivity index (χ1) is 9.65. The monoisotopic (exact) mass is 312 g/mol. The summed E-state index contributed by atoms with van der Waals surface area (Å²) in [7, 11) is 0. The molecule has 20 heavy (non-hydrogen) atoms. The number of nitrogens with zero attached hydrogens (tertiary/aromatic N) is 1. The molecule has 106 valence electrons. The molecule has 0 bridgehead atoms. The van der Waals surface area contributed by atoms with Gasteiger partial charge in [0, 0.05) is 27.4 Å². The number of rotatable bonds is 5. The Morgan fingerprint density at radius 2 is 1.95 bits per heavy atom. The summed E-state index contributed by atoms with van der Waals surface area (Å²) >= 11 is 12.5. The fourth-order valence-electron chi connectivity index (χ4n) is 2.06. The van der Waals surface area contributed by atoms with Crippen LogP contribution in [-0.2, 0) is 0 Å². The third kappa shape index (κ3) is 3.29. The number of hydrogen-bond donors (Lipinski definition) is 1. The zero-order valence-electron chi connectivity index (χ0n) is 11.0. The zero-order chi connectivity index (χ0) is 14.5. The van der Waals surface area contributed by atoms with E-state index in [2.05, 4.69) is 10.3 Å². The summed E-state index contributed by atoms with van der Waals surface area (Å²) in [5.74, 6) is -0.378. The molecule has 5 heteroatoms. The molecule has 1 unspecified atom stereocenters. The van der Waals surface area contributed by atoms with Crippen LogP contribution >= 0.6 is 23.2 Å². The number of halogens is 3. The molecule has 0 aliphatic rings. The minimum Gasteiger partial charge on any atom is -0.306 e. The molecule has 2 aromatic rings. The maximum absolute atomic E-state index is 14.0. The molecule has 0 spiro atoms. The number of nitrogens with one attached hydrogen (secondary N) is 1. The van der Waals surface area contributed by atoms with Gasteiger partial charge in [0.2, 0.25) is 0 Å². The van der Waals surface area contributed by atoms with Crippen molar-refractivity contribution in [3.63, 3.8) is 0 Å². The van der Waals surface area contributed by atoms with Crippen LogP contribution in [0.2, 0.25) is 10.0 Å². The molecular weight excluding hydrogens is 298 g/mol. The van der Waals surface area contributed by atoms with Crippen molar-refractivity contribution >= 4 is 23.2 Å². The molecule has 0 aliphatic heterocycles. The Hall–Kier alpha value is -1.16. The first-order valence-corrected chi connectivity index (χ1v) is 7.17. The highest BCUT2D eigenvalue weighted by atomic mass is 35.5. The van der Waals surface area contributed by atoms with Gasteiger partial charge in [0.1, 0.15) is 5.82 Å². The molecule has 1 atom stereocenters. The Morgan fingerprint density at radius 3 is 2.55 bits per heavy atom. The number of hydrogen-bond acceptors (Lipinski definition) is 2. The Kier molecular flexibility index (Phi) is 5.35. The van der Waals surface area contributed by atoms with Crippen LogP contribution in [0, 0.1) is 5.82 Å². The number of benzene rings is 1. The lowest BCUT2D eigenvalue weighted by atomic mass is 9.98. The minimum atomic E-state index is -0.390. The van der Waals surface area contributed by atoms with Crippen LogP contribution in [0.4, 0.5) is 4.39 Å². The first kappa shape index (κ1) is 15.2. The lowest BCUT2D eigenvalue weighted by molar-refractivity contribution is 0.543. The van der Waals surface area contributed by atoms with Gasteiger partial charge in [-0.3, -0.25) is 4.98 Å². The van der Waals surface area contributed by atoms with Crippen LogP contribution in [0.3, 0.4) is 0 Å². The molecule has 2 rings (SSSR count). The van der Waals surface area contributed by atoms with E-state index in [0.29, 0.717) is 21.2 Å². The largest absolute Gasteiger partial charge is 0.306 e. The normalized spacial score (nSPS) is 12.4. The SMILES string of the molecule is CCCNC(c1ccncc1F)c1c(Cl)cccc1Cl. The van der Waals surface area contributed by atoms with E-state index < -0.39 is 0 Å². The van der Waals surface area contributed by atoms with Gasteiger partial charge < -0.3 is 5.32 Å². The first-order valence-electron chi connectivity index (χ1n) is 6.41. The summed E-state index contributed by atoms with van der Waals surface area (Å²) in [5.41, 5.74) is 1.18. The lowest BCUT2D eigenvalue weighted by Gasteiger charge is -2.22. The molecule has 1 aromatic carbocycles. The fourth-order valence-corrected chi connectivity index (χ4v) is 2.68. The molecule has 1 heterocycles. The average Bonchev–Trinajstić information content (AvgIpc) is 2.43. The maximum atomic E-state index is 14.0. The quantitative estimate of drug-likeness (QED) is 0.871. The van der Waals surface area contributed by atoms with Crippen molar-refractivity contribution in [3.8, 4) is 0 Å². The van der Waals surface area contributed by atoms with Gasteiger partial charge in [0.05, 0.1) is 12.2 Å². The van der Waals surface area contributed by atoms with Crippen LogP contribution < -0.4 is 5.32 Å². The van der Waals surface area contributed by atoms with Gasteiger partial charge >= 0.3 is 0 Å². The molecule has 2 nitrogen and oxygen atoms in total. The van der Waals surface area contributed by atoms with Crippen molar-refractivity contribution < 1.29 is 4.39 Å². The van der Waals surface area contributed by atoms with Crippen LogP contribution in [0.1, 0.15) is 30.5 Å². The van der Waals surface area contributed by atoms with Gasteiger partial charge in [-0.1, -0.05) is 36.2 Å². The van der Waals surface area contributed by atoms with E-state index in [0.717, 1.165) is 13.0 Å². The number of pyridine rings is 1. The second kappa shape index (κ2) is 7.02. The topological polar surface area (TPSA) is 24.9 Å². The standard InChI is InChI=1S/C15H15Cl2FN2/c1-2-7-20-15(10-6-8-19-9-13(10)18)14-11(16)4-3-5-12(14)17/h3-6,8-9,15,20H,2,7H2,1H3. The van der Waals surface area contributed by atoms with E-state index in [4.69, 9.17) is 23.2 Å². The highest BCUT2D eigenvalue weighted by molar-refractivity contribution is 6.36. The fraction of sp³-hybridized carbons (Fsp3) is 0.267. The van der Waals surface area contributed by atoms with Crippen molar-refractivity contribution in [2.75, 3.05) is 6.54 Å². The van der Waals surface area contributed by atoms with Crippen molar-refractivity contribution in [3.05, 3.63) is 63.6 Å². The predicted octanol–water partition coefficient (Wildman–Crippen LogP) is 4.62. The van der Waals surface area contributed by atoms with Crippen LogP contribution in [0.15, 0.2) is 36.7 Å². The van der Waals surface area contributed by atoms with E-state index >= 15 is 0 Å². The Balaban J connectivity index is 2.50. The molecule has 1 N–H and O–H groups in total. The van der Waals surface area contributed by atoms with Gasteiger partial charge in [-0.15, -0.1) is 0 Å². The summed E-state index contributed by atoms with van der Waals surface area (Å²) in [5, 5.41) is 4.32. The molecule has 0 aliphatic carbocycles. The molecular formula is C15H15Cl2FN2. The summed E-state index contributed by atoms with van der Waals surface area (Å²) in [6.45, 7) is 2.77. The van der Waals surface area contributed by atoms with E-state index in [1.54, 1.807) is 30.5 Å². The van der Waals surface area contributed by atoms with Crippen LogP contribution in [-0.4, -0.2) is 11.5 Å². The molecule has 0 saturated carbocycles. The molecule has 0 radical (unpaired) electrons. The highest BCUT2D eigenvalue weighted by Gasteiger charge is 2.22. The zero-order valence-corrected chi connectivity index (χ0v) is 12.5. The van der Waals surface area contributed by atoms with E-state index in [-0.39, 0.29) is 11.9 Å². The molecule has 0 saturated heterocycles. The van der Waals surface area contributed by atoms with E-state index in [9.17, 15) is 4.39 Å². The van der Waals surface area contributed by atoms with Crippen molar-refractivity contribution in [2.24, 2.45) is 0 Å². The third-order valence-electron chi connectivity index (χ3n) is 3.00. The predicted molar refractivity (Wildman–Crippen MR) is 80.8 cm³/mol. The van der Waals surface area contributed by atoms with Crippen LogP contribution in [0.5, 0.6) is 0 Å². The van der Waals surface area contributed by atoms with Gasteiger partial charge in [-0.2, -0.15) is 0 Å². The van der Waals surface area contributed by atoms with Crippen molar-refractivity contribution in [2.45, 2.75) is 19.4 Å². The van der Waals surface area contributed by atoms with Crippen molar-refractivity contribution in [1.29, 1.82) is 0 Å². The lowest BCUT2D eigenvalue weighted by Crippen LogP contribution is -2.24. The Labute approximate surface area is 127 Å². The summed E-state index contributed by atoms with van der Waals surface area (Å²) in [6.07, 6.45) is 3.68. The minimum absolute atomic E-state index is 0.378. The van der Waals surface area contributed by atoms with Gasteiger partial charge in [-0.25, -0.2) is 4.39 Å². The van der Waals surface area contributed by atoms with Gasteiger partial charge in [-0.05, 0) is 31.2 Å². The summed E-state index contributed by atoms with van der Waals surface area (Å²) < 4.78 is 14.0. The third-order valence-corrected chi connectivity index (χ3v) is 3.66. The Bertz CT molecular complexity index is 570. The second-order valence-electron chi connectivity index (χ2n) is 4.42. The summed E-state index contributed by atoms with van der Waals surface area (Å²) in [4.78, 5) is 3.78.